The summed E-state index contributed by atoms with van der Waals surface area (Å²) in [6.07, 6.45) is 0. The van der Waals surface area contributed by atoms with Gasteiger partial charge in [0.2, 0.25) is 15.9 Å². The summed E-state index contributed by atoms with van der Waals surface area (Å²) >= 11 is 0. The Labute approximate surface area is 142 Å². The molecule has 0 aromatic heterocycles. The van der Waals surface area contributed by atoms with Crippen LogP contribution >= 0.6 is 0 Å². The SMILES string of the molecule is CC(=O)Nc1ccc(C#CCNS(=O)(=O)Cc2ccccc2)cc1. The summed E-state index contributed by atoms with van der Waals surface area (Å²) in [6, 6.07) is 16.0. The van der Waals surface area contributed by atoms with Gasteiger partial charge in [0.1, 0.15) is 0 Å². The minimum atomic E-state index is -3.41. The molecule has 0 bridgehead atoms. The third-order valence-electron chi connectivity index (χ3n) is 3.02. The van der Waals surface area contributed by atoms with Crippen molar-refractivity contribution >= 4 is 21.6 Å². The van der Waals surface area contributed by atoms with E-state index in [1.807, 2.05) is 6.07 Å². The summed E-state index contributed by atoms with van der Waals surface area (Å²) in [5, 5.41) is 2.66. The van der Waals surface area contributed by atoms with E-state index in [-0.39, 0.29) is 18.2 Å². The van der Waals surface area contributed by atoms with Gasteiger partial charge in [-0.05, 0) is 29.8 Å². The van der Waals surface area contributed by atoms with Gasteiger partial charge in [0.15, 0.2) is 0 Å². The molecule has 6 heteroatoms. The van der Waals surface area contributed by atoms with Crippen LogP contribution in [0, 0.1) is 11.8 Å². The second-order valence-corrected chi connectivity index (χ2v) is 6.93. The number of hydrogen-bond donors (Lipinski definition) is 2. The predicted molar refractivity (Wildman–Crippen MR) is 94.7 cm³/mol. The van der Waals surface area contributed by atoms with Gasteiger partial charge in [-0.1, -0.05) is 42.2 Å². The standard InChI is InChI=1S/C18H18N2O3S/c1-15(21)20-18-11-9-16(10-12-18)8-5-13-19-24(22,23)14-17-6-3-2-4-7-17/h2-4,6-7,9-12,19H,13-14H2,1H3,(H,20,21). The summed E-state index contributed by atoms with van der Waals surface area (Å²) in [7, 11) is -3.41. The van der Waals surface area contributed by atoms with E-state index in [9.17, 15) is 13.2 Å². The van der Waals surface area contributed by atoms with Crippen molar-refractivity contribution in [3.8, 4) is 11.8 Å². The van der Waals surface area contributed by atoms with E-state index in [0.29, 0.717) is 5.69 Å². The Kier molecular flexibility index (Phi) is 6.13. The van der Waals surface area contributed by atoms with Gasteiger partial charge in [-0.15, -0.1) is 0 Å². The smallest absolute Gasteiger partial charge is 0.221 e. The number of nitrogens with one attached hydrogen (secondary N) is 2. The van der Waals surface area contributed by atoms with E-state index in [0.717, 1.165) is 11.1 Å². The van der Waals surface area contributed by atoms with Crippen LogP contribution in [0.3, 0.4) is 0 Å². The molecule has 0 aliphatic heterocycles. The van der Waals surface area contributed by atoms with Crippen molar-refractivity contribution in [1.82, 2.24) is 4.72 Å². The average molecular weight is 342 g/mol. The van der Waals surface area contributed by atoms with Crippen molar-refractivity contribution in [2.24, 2.45) is 0 Å². The van der Waals surface area contributed by atoms with Crippen molar-refractivity contribution in [2.75, 3.05) is 11.9 Å². The molecule has 2 aromatic carbocycles. The Morgan fingerprint density at radius 2 is 1.71 bits per heavy atom. The summed E-state index contributed by atoms with van der Waals surface area (Å²) in [5.74, 6) is 5.44. The van der Waals surface area contributed by atoms with Crippen molar-refractivity contribution in [2.45, 2.75) is 12.7 Å². The molecule has 2 rings (SSSR count). The van der Waals surface area contributed by atoms with Crippen molar-refractivity contribution in [3.05, 3.63) is 65.7 Å². The first-order valence-electron chi connectivity index (χ1n) is 7.32. The maximum absolute atomic E-state index is 11.9. The van der Waals surface area contributed by atoms with Crippen molar-refractivity contribution in [3.63, 3.8) is 0 Å². The van der Waals surface area contributed by atoms with Gasteiger partial charge in [-0.3, -0.25) is 4.79 Å². The number of rotatable bonds is 5. The molecule has 2 N–H and O–H groups in total. The predicted octanol–water partition coefficient (Wildman–Crippen LogP) is 2.12. The Morgan fingerprint density at radius 1 is 1.04 bits per heavy atom. The van der Waals surface area contributed by atoms with Gasteiger partial charge in [0, 0.05) is 18.2 Å². The van der Waals surface area contributed by atoms with E-state index in [1.54, 1.807) is 48.5 Å². The highest BCUT2D eigenvalue weighted by Gasteiger charge is 2.09. The topological polar surface area (TPSA) is 75.3 Å². The van der Waals surface area contributed by atoms with Crippen LogP contribution < -0.4 is 10.0 Å². The third-order valence-corrected chi connectivity index (χ3v) is 4.32. The van der Waals surface area contributed by atoms with Crippen LogP contribution in [-0.2, 0) is 20.6 Å². The second kappa shape index (κ2) is 8.29. The van der Waals surface area contributed by atoms with Crippen molar-refractivity contribution < 1.29 is 13.2 Å². The fraction of sp³-hybridized carbons (Fsp3) is 0.167. The maximum Gasteiger partial charge on any atom is 0.221 e. The van der Waals surface area contributed by atoms with Gasteiger partial charge < -0.3 is 5.32 Å². The number of carbonyl (C=O) groups is 1. The van der Waals surface area contributed by atoms with Gasteiger partial charge in [0.05, 0.1) is 12.3 Å². The molecular formula is C18H18N2O3S. The molecule has 0 fully saturated rings. The molecule has 5 nitrogen and oxygen atoms in total. The van der Waals surface area contributed by atoms with Gasteiger partial charge in [0.25, 0.3) is 0 Å². The maximum atomic E-state index is 11.9. The Balaban J connectivity index is 1.87. The van der Waals surface area contributed by atoms with Crippen molar-refractivity contribution in [1.29, 1.82) is 0 Å². The average Bonchev–Trinajstić information content (AvgIpc) is 2.53. The van der Waals surface area contributed by atoms with Gasteiger partial charge in [-0.2, -0.15) is 0 Å². The highest BCUT2D eigenvalue weighted by Crippen LogP contribution is 2.08. The van der Waals surface area contributed by atoms with Crippen LogP contribution in [-0.4, -0.2) is 20.9 Å². The molecular weight excluding hydrogens is 324 g/mol. The highest BCUT2D eigenvalue weighted by molar-refractivity contribution is 7.88. The summed E-state index contributed by atoms with van der Waals surface area (Å²) in [6.45, 7) is 1.48. The second-order valence-electron chi connectivity index (χ2n) is 5.13. The normalized spacial score (nSPS) is 10.5. The van der Waals surface area contributed by atoms with E-state index in [1.165, 1.54) is 6.92 Å². The largest absolute Gasteiger partial charge is 0.326 e. The number of anilines is 1. The minimum Gasteiger partial charge on any atom is -0.326 e. The first kappa shape index (κ1) is 17.7. The lowest BCUT2D eigenvalue weighted by Gasteiger charge is -2.03. The fourth-order valence-corrected chi connectivity index (χ4v) is 3.00. The van der Waals surface area contributed by atoms with Crippen LogP contribution in [0.15, 0.2) is 54.6 Å². The number of amides is 1. The Bertz CT molecular complexity index is 849. The molecule has 2 aromatic rings. The molecule has 1 amide bonds. The molecule has 0 atom stereocenters. The Morgan fingerprint density at radius 3 is 2.33 bits per heavy atom. The van der Waals surface area contributed by atoms with Crippen LogP contribution in [0.1, 0.15) is 18.1 Å². The lowest BCUT2D eigenvalue weighted by atomic mass is 10.2. The minimum absolute atomic E-state index is 0.0443. The summed E-state index contributed by atoms with van der Waals surface area (Å²) in [5.41, 5.74) is 2.16. The fourth-order valence-electron chi connectivity index (χ4n) is 1.98. The zero-order valence-electron chi connectivity index (χ0n) is 13.2. The summed E-state index contributed by atoms with van der Waals surface area (Å²) < 4.78 is 26.3. The van der Waals surface area contributed by atoms with Gasteiger partial charge >= 0.3 is 0 Å². The molecule has 0 aliphatic carbocycles. The van der Waals surface area contributed by atoms with Crippen LogP contribution in [0.5, 0.6) is 0 Å². The number of hydrogen-bond acceptors (Lipinski definition) is 3. The van der Waals surface area contributed by atoms with E-state index in [4.69, 9.17) is 0 Å². The molecule has 124 valence electrons. The molecule has 0 aliphatic rings. The molecule has 0 radical (unpaired) electrons. The quantitative estimate of drug-likeness (QED) is 0.817. The number of carbonyl (C=O) groups excluding carboxylic acids is 1. The number of sulfonamides is 1. The first-order valence-corrected chi connectivity index (χ1v) is 8.98. The zero-order valence-corrected chi connectivity index (χ0v) is 14.1. The molecule has 0 heterocycles. The van der Waals surface area contributed by atoms with Crippen LogP contribution in [0.25, 0.3) is 0 Å². The number of benzene rings is 2. The zero-order chi connectivity index (χ0) is 17.4. The highest BCUT2D eigenvalue weighted by atomic mass is 32.2. The molecule has 0 spiro atoms. The van der Waals surface area contributed by atoms with E-state index in [2.05, 4.69) is 21.9 Å². The molecule has 0 saturated heterocycles. The Hall–Kier alpha value is -2.62. The van der Waals surface area contributed by atoms with E-state index >= 15 is 0 Å². The lowest BCUT2D eigenvalue weighted by molar-refractivity contribution is -0.114. The van der Waals surface area contributed by atoms with E-state index < -0.39 is 10.0 Å². The first-order chi connectivity index (χ1) is 11.4. The monoisotopic (exact) mass is 342 g/mol. The molecule has 24 heavy (non-hydrogen) atoms. The van der Waals surface area contributed by atoms with Gasteiger partial charge in [-0.25, -0.2) is 13.1 Å². The third kappa shape index (κ3) is 6.24. The van der Waals surface area contributed by atoms with Crippen LogP contribution in [0.4, 0.5) is 5.69 Å². The lowest BCUT2D eigenvalue weighted by Crippen LogP contribution is -2.25. The van der Waals surface area contributed by atoms with Crippen LogP contribution in [0.2, 0.25) is 0 Å². The molecule has 0 unspecified atom stereocenters. The molecule has 0 saturated carbocycles. The summed E-state index contributed by atoms with van der Waals surface area (Å²) in [4.78, 5) is 10.9.